The van der Waals surface area contributed by atoms with Crippen LogP contribution in [0.25, 0.3) is 0 Å². The quantitative estimate of drug-likeness (QED) is 0.296. The summed E-state index contributed by atoms with van der Waals surface area (Å²) in [6, 6.07) is 0. The summed E-state index contributed by atoms with van der Waals surface area (Å²) in [7, 11) is 3.97. The highest BCUT2D eigenvalue weighted by Crippen LogP contribution is 2.22. The van der Waals surface area contributed by atoms with Crippen molar-refractivity contribution in [2.45, 2.75) is 57.6 Å². The standard InChI is InChI=1S/C20H37FN2OS/c1-6-8-9-14-22(4)15-16-23(5)20(24)25-19(11-7-2)17-18(3)12-10-13-21/h7,17,19H,2,6,8-16H2,1,3-5H3/b18-17+. The Balaban J connectivity index is 4.36. The highest BCUT2D eigenvalue weighted by atomic mass is 32.2. The van der Waals surface area contributed by atoms with Crippen molar-refractivity contribution in [2.24, 2.45) is 0 Å². The molecular weight excluding hydrogens is 335 g/mol. The van der Waals surface area contributed by atoms with Crippen LogP contribution >= 0.6 is 11.8 Å². The second-order valence-electron chi connectivity index (χ2n) is 6.68. The van der Waals surface area contributed by atoms with E-state index in [-0.39, 0.29) is 17.2 Å². The first kappa shape index (κ1) is 24.2. The summed E-state index contributed by atoms with van der Waals surface area (Å²) < 4.78 is 12.3. The van der Waals surface area contributed by atoms with E-state index in [1.165, 1.54) is 31.0 Å². The molecule has 0 saturated heterocycles. The molecule has 1 unspecified atom stereocenters. The maximum Gasteiger partial charge on any atom is 0.282 e. The summed E-state index contributed by atoms with van der Waals surface area (Å²) in [5, 5.41) is 0.165. The van der Waals surface area contributed by atoms with Crippen molar-refractivity contribution in [1.82, 2.24) is 9.80 Å². The van der Waals surface area contributed by atoms with Gasteiger partial charge in [0.05, 0.1) is 6.67 Å². The van der Waals surface area contributed by atoms with Crippen LogP contribution in [0, 0.1) is 0 Å². The number of thioether (sulfide) groups is 1. The number of allylic oxidation sites excluding steroid dienone is 2. The van der Waals surface area contributed by atoms with Gasteiger partial charge in [-0.15, -0.1) is 6.58 Å². The van der Waals surface area contributed by atoms with Gasteiger partial charge >= 0.3 is 0 Å². The zero-order chi connectivity index (χ0) is 19.1. The van der Waals surface area contributed by atoms with E-state index in [2.05, 4.69) is 31.5 Å². The predicted molar refractivity (Wildman–Crippen MR) is 110 cm³/mol. The Labute approximate surface area is 158 Å². The van der Waals surface area contributed by atoms with Crippen LogP contribution in [0.3, 0.4) is 0 Å². The van der Waals surface area contributed by atoms with Crippen LogP contribution < -0.4 is 0 Å². The Bertz CT molecular complexity index is 401. The first-order valence-corrected chi connectivity index (χ1v) is 10.3. The number of alkyl halides is 1. The first-order chi connectivity index (χ1) is 11.9. The van der Waals surface area contributed by atoms with Crippen molar-refractivity contribution < 1.29 is 9.18 Å². The molecule has 0 aliphatic carbocycles. The number of carbonyl (C=O) groups is 1. The molecule has 0 aromatic rings. The molecule has 0 saturated carbocycles. The van der Waals surface area contributed by atoms with Crippen LogP contribution in [0.1, 0.15) is 52.4 Å². The molecule has 0 aliphatic rings. The first-order valence-electron chi connectivity index (χ1n) is 9.39. The van der Waals surface area contributed by atoms with Gasteiger partial charge in [-0.2, -0.15) is 0 Å². The molecule has 0 rings (SSSR count). The number of halogens is 1. The minimum absolute atomic E-state index is 0.0781. The lowest BCUT2D eigenvalue weighted by molar-refractivity contribution is 0.223. The molecule has 1 atom stereocenters. The van der Waals surface area contributed by atoms with Gasteiger partial charge in [0, 0.05) is 25.4 Å². The molecular formula is C20H37FN2OS. The van der Waals surface area contributed by atoms with Gasteiger partial charge in [-0.3, -0.25) is 9.18 Å². The van der Waals surface area contributed by atoms with Crippen LogP contribution in [0.2, 0.25) is 0 Å². The summed E-state index contributed by atoms with van der Waals surface area (Å²) in [4.78, 5) is 16.5. The molecule has 1 amide bonds. The number of hydrogen-bond donors (Lipinski definition) is 0. The average Bonchev–Trinajstić information content (AvgIpc) is 2.58. The number of rotatable bonds is 14. The maximum absolute atomic E-state index is 12.4. The monoisotopic (exact) mass is 372 g/mol. The summed E-state index contributed by atoms with van der Waals surface area (Å²) in [6.07, 6.45) is 9.66. The molecule has 0 heterocycles. The summed E-state index contributed by atoms with van der Waals surface area (Å²) in [6.45, 7) is 10.4. The molecule has 0 N–H and O–H groups in total. The lowest BCUT2D eigenvalue weighted by Gasteiger charge is -2.23. The Morgan fingerprint density at radius 2 is 1.92 bits per heavy atom. The molecule has 5 heteroatoms. The second-order valence-corrected chi connectivity index (χ2v) is 7.87. The smallest absolute Gasteiger partial charge is 0.282 e. The van der Waals surface area contributed by atoms with Crippen molar-refractivity contribution in [3.63, 3.8) is 0 Å². The number of likely N-dealkylation sites (N-methyl/N-ethyl adjacent to an activating group) is 2. The molecule has 25 heavy (non-hydrogen) atoms. The minimum atomic E-state index is -0.294. The number of carbonyl (C=O) groups excluding carboxylic acids is 1. The Hall–Kier alpha value is -0.810. The molecule has 0 spiro atoms. The molecule has 0 radical (unpaired) electrons. The van der Waals surface area contributed by atoms with E-state index in [0.717, 1.165) is 38.0 Å². The normalized spacial score (nSPS) is 13.1. The van der Waals surface area contributed by atoms with Gasteiger partial charge < -0.3 is 9.80 Å². The van der Waals surface area contributed by atoms with Gasteiger partial charge in [0.15, 0.2) is 0 Å². The van der Waals surface area contributed by atoms with Crippen molar-refractivity contribution in [3.8, 4) is 0 Å². The van der Waals surface area contributed by atoms with E-state index in [4.69, 9.17) is 0 Å². The van der Waals surface area contributed by atoms with Crippen molar-refractivity contribution in [3.05, 3.63) is 24.3 Å². The fourth-order valence-corrected chi connectivity index (χ4v) is 3.50. The van der Waals surface area contributed by atoms with Gasteiger partial charge in [0.2, 0.25) is 0 Å². The third-order valence-electron chi connectivity index (χ3n) is 4.10. The topological polar surface area (TPSA) is 23.6 Å². The Morgan fingerprint density at radius 3 is 2.52 bits per heavy atom. The lowest BCUT2D eigenvalue weighted by Crippen LogP contribution is -2.33. The van der Waals surface area contributed by atoms with E-state index < -0.39 is 0 Å². The number of nitrogens with zero attached hydrogens (tertiary/aromatic N) is 2. The highest BCUT2D eigenvalue weighted by molar-refractivity contribution is 8.14. The Kier molecular flexibility index (Phi) is 14.9. The molecule has 0 aliphatic heterocycles. The summed E-state index contributed by atoms with van der Waals surface area (Å²) >= 11 is 1.34. The molecule has 3 nitrogen and oxygen atoms in total. The SMILES string of the molecule is C=CCC(/C=C(\C)CCCF)SC(=O)N(C)CCN(C)CCCCC. The van der Waals surface area contributed by atoms with Crippen LogP contribution in [0.15, 0.2) is 24.3 Å². The minimum Gasteiger partial charge on any atom is -0.335 e. The molecule has 0 fully saturated rings. The molecule has 0 bridgehead atoms. The highest BCUT2D eigenvalue weighted by Gasteiger charge is 2.16. The van der Waals surface area contributed by atoms with Gasteiger partial charge in [-0.1, -0.05) is 49.3 Å². The van der Waals surface area contributed by atoms with Crippen LogP contribution in [0.4, 0.5) is 9.18 Å². The van der Waals surface area contributed by atoms with E-state index in [0.29, 0.717) is 6.42 Å². The van der Waals surface area contributed by atoms with E-state index in [9.17, 15) is 9.18 Å². The number of unbranched alkanes of at least 4 members (excludes halogenated alkanes) is 2. The lowest BCUT2D eigenvalue weighted by atomic mass is 10.1. The van der Waals surface area contributed by atoms with Gasteiger partial charge in [-0.25, -0.2) is 0 Å². The van der Waals surface area contributed by atoms with Crippen LogP contribution in [-0.2, 0) is 0 Å². The zero-order valence-corrected chi connectivity index (χ0v) is 17.4. The summed E-state index contributed by atoms with van der Waals surface area (Å²) in [5.41, 5.74) is 1.14. The summed E-state index contributed by atoms with van der Waals surface area (Å²) in [5.74, 6) is 0. The molecule has 0 aromatic carbocycles. The fourth-order valence-electron chi connectivity index (χ4n) is 2.44. The second kappa shape index (κ2) is 15.4. The van der Waals surface area contributed by atoms with Crippen molar-refractivity contribution >= 4 is 17.0 Å². The third kappa shape index (κ3) is 13.1. The molecule has 146 valence electrons. The Morgan fingerprint density at radius 1 is 1.20 bits per heavy atom. The fraction of sp³-hybridized carbons (Fsp3) is 0.750. The van der Waals surface area contributed by atoms with E-state index in [1.807, 2.05) is 20.0 Å². The number of amides is 1. The van der Waals surface area contributed by atoms with Crippen molar-refractivity contribution in [2.75, 3.05) is 40.4 Å². The van der Waals surface area contributed by atoms with E-state index in [1.54, 1.807) is 4.90 Å². The average molecular weight is 373 g/mol. The molecule has 0 aromatic heterocycles. The predicted octanol–water partition coefficient (Wildman–Crippen LogP) is 5.53. The van der Waals surface area contributed by atoms with Crippen molar-refractivity contribution in [1.29, 1.82) is 0 Å². The van der Waals surface area contributed by atoms with Gasteiger partial charge in [0.25, 0.3) is 5.24 Å². The third-order valence-corrected chi connectivity index (χ3v) is 5.24. The maximum atomic E-state index is 12.4. The van der Waals surface area contributed by atoms with E-state index >= 15 is 0 Å². The largest absolute Gasteiger partial charge is 0.335 e. The van der Waals surface area contributed by atoms with Crippen LogP contribution in [0.5, 0.6) is 0 Å². The van der Waals surface area contributed by atoms with Gasteiger partial charge in [0.1, 0.15) is 0 Å². The number of hydrogen-bond acceptors (Lipinski definition) is 3. The van der Waals surface area contributed by atoms with Crippen LogP contribution in [-0.4, -0.2) is 60.7 Å². The van der Waals surface area contributed by atoms with Gasteiger partial charge in [-0.05, 0) is 46.2 Å². The zero-order valence-electron chi connectivity index (χ0n) is 16.6.